The van der Waals surface area contributed by atoms with Crippen molar-refractivity contribution < 1.29 is 9.53 Å². The molecule has 1 unspecified atom stereocenters. The molecule has 5 heteroatoms. The van der Waals surface area contributed by atoms with E-state index >= 15 is 0 Å². The van der Waals surface area contributed by atoms with E-state index in [4.69, 9.17) is 4.74 Å². The number of benzene rings is 1. The van der Waals surface area contributed by atoms with E-state index in [1.165, 1.54) is 5.56 Å². The standard InChI is InChI=1S/C19H31N3O2/c1-15-7-6-8-16(13-15)17(21(4)5)18(23)20-19(2,3)14-22-9-11-24-12-10-22/h6-8,13,17H,9-12,14H2,1-5H3,(H,20,23). The quantitative estimate of drug-likeness (QED) is 0.863. The SMILES string of the molecule is Cc1cccc(C(C(=O)NC(C)(C)CN2CCOCC2)N(C)C)c1. The van der Waals surface area contributed by atoms with E-state index in [9.17, 15) is 4.79 Å². The Bertz CT molecular complexity index is 551. The smallest absolute Gasteiger partial charge is 0.242 e. The van der Waals surface area contributed by atoms with Gasteiger partial charge in [-0.1, -0.05) is 29.8 Å². The van der Waals surface area contributed by atoms with Gasteiger partial charge in [-0.3, -0.25) is 14.6 Å². The zero-order valence-electron chi connectivity index (χ0n) is 15.6. The van der Waals surface area contributed by atoms with Crippen LogP contribution in [-0.4, -0.2) is 68.2 Å². The summed E-state index contributed by atoms with van der Waals surface area (Å²) in [4.78, 5) is 17.3. The molecule has 0 bridgehead atoms. The van der Waals surface area contributed by atoms with E-state index in [1.54, 1.807) is 0 Å². The van der Waals surface area contributed by atoms with E-state index in [-0.39, 0.29) is 17.5 Å². The van der Waals surface area contributed by atoms with Gasteiger partial charge in [0.1, 0.15) is 6.04 Å². The van der Waals surface area contributed by atoms with Crippen molar-refractivity contribution in [3.8, 4) is 0 Å². The van der Waals surface area contributed by atoms with E-state index in [1.807, 2.05) is 31.1 Å². The largest absolute Gasteiger partial charge is 0.379 e. The number of ether oxygens (including phenoxy) is 1. The van der Waals surface area contributed by atoms with Crippen LogP contribution < -0.4 is 5.32 Å². The highest BCUT2D eigenvalue weighted by molar-refractivity contribution is 5.83. The van der Waals surface area contributed by atoms with Crippen LogP contribution >= 0.6 is 0 Å². The summed E-state index contributed by atoms with van der Waals surface area (Å²) in [7, 11) is 3.89. The summed E-state index contributed by atoms with van der Waals surface area (Å²) in [6, 6.07) is 7.88. The fourth-order valence-corrected chi connectivity index (χ4v) is 3.28. The number of hydrogen-bond donors (Lipinski definition) is 1. The average molecular weight is 333 g/mol. The maximum absolute atomic E-state index is 13.0. The number of rotatable bonds is 6. The number of likely N-dealkylation sites (N-methyl/N-ethyl adjacent to an activating group) is 1. The van der Waals surface area contributed by atoms with Crippen LogP contribution in [0, 0.1) is 6.92 Å². The van der Waals surface area contributed by atoms with Gasteiger partial charge in [0, 0.05) is 25.2 Å². The van der Waals surface area contributed by atoms with Crippen LogP contribution in [0.3, 0.4) is 0 Å². The van der Waals surface area contributed by atoms with Crippen LogP contribution in [0.4, 0.5) is 0 Å². The fourth-order valence-electron chi connectivity index (χ4n) is 3.28. The Morgan fingerprint density at radius 3 is 2.58 bits per heavy atom. The molecular formula is C19H31N3O2. The van der Waals surface area contributed by atoms with Gasteiger partial charge in [-0.15, -0.1) is 0 Å². The van der Waals surface area contributed by atoms with Gasteiger partial charge in [0.25, 0.3) is 0 Å². The maximum atomic E-state index is 13.0. The lowest BCUT2D eigenvalue weighted by molar-refractivity contribution is -0.127. The molecular weight excluding hydrogens is 302 g/mol. The summed E-state index contributed by atoms with van der Waals surface area (Å²) < 4.78 is 5.40. The summed E-state index contributed by atoms with van der Waals surface area (Å²) in [5.74, 6) is 0.0452. The minimum Gasteiger partial charge on any atom is -0.379 e. The molecule has 24 heavy (non-hydrogen) atoms. The summed E-state index contributed by atoms with van der Waals surface area (Å²) >= 11 is 0. The minimum atomic E-state index is -0.285. The van der Waals surface area contributed by atoms with E-state index < -0.39 is 0 Å². The molecule has 1 aromatic rings. The fraction of sp³-hybridized carbons (Fsp3) is 0.632. The molecule has 1 saturated heterocycles. The number of hydrogen-bond acceptors (Lipinski definition) is 4. The van der Waals surface area contributed by atoms with E-state index in [2.05, 4.69) is 43.1 Å². The van der Waals surface area contributed by atoms with Crippen molar-refractivity contribution in [2.24, 2.45) is 0 Å². The number of morpholine rings is 1. The van der Waals surface area contributed by atoms with Crippen molar-refractivity contribution in [2.45, 2.75) is 32.4 Å². The predicted octanol–water partition coefficient (Wildman–Crippen LogP) is 1.82. The van der Waals surface area contributed by atoms with Crippen LogP contribution in [0.25, 0.3) is 0 Å². The molecule has 0 aliphatic carbocycles. The van der Waals surface area contributed by atoms with Gasteiger partial charge in [-0.25, -0.2) is 0 Å². The molecule has 1 amide bonds. The van der Waals surface area contributed by atoms with Gasteiger partial charge in [0.2, 0.25) is 5.91 Å². The van der Waals surface area contributed by atoms with Crippen LogP contribution in [-0.2, 0) is 9.53 Å². The maximum Gasteiger partial charge on any atom is 0.242 e. The summed E-state index contributed by atoms with van der Waals surface area (Å²) in [5, 5.41) is 3.24. The minimum absolute atomic E-state index is 0.0452. The first-order valence-corrected chi connectivity index (χ1v) is 8.64. The molecule has 134 valence electrons. The lowest BCUT2D eigenvalue weighted by atomic mass is 9.99. The molecule has 0 saturated carbocycles. The molecule has 1 N–H and O–H groups in total. The van der Waals surface area contributed by atoms with Crippen LogP contribution in [0.2, 0.25) is 0 Å². The van der Waals surface area contributed by atoms with Gasteiger partial charge in [0.05, 0.1) is 13.2 Å². The molecule has 2 rings (SSSR count). The molecule has 1 heterocycles. The Morgan fingerprint density at radius 1 is 1.33 bits per heavy atom. The molecule has 1 aromatic carbocycles. The molecule has 1 aliphatic rings. The van der Waals surface area contributed by atoms with Gasteiger partial charge >= 0.3 is 0 Å². The topological polar surface area (TPSA) is 44.8 Å². The second-order valence-electron chi connectivity index (χ2n) is 7.54. The zero-order chi connectivity index (χ0) is 17.7. The first-order chi connectivity index (χ1) is 11.3. The second kappa shape index (κ2) is 8.10. The van der Waals surface area contributed by atoms with Gasteiger partial charge in [0.15, 0.2) is 0 Å². The van der Waals surface area contributed by atoms with Crippen molar-refractivity contribution in [1.82, 2.24) is 15.1 Å². The molecule has 1 aliphatic heterocycles. The first kappa shape index (κ1) is 18.9. The Morgan fingerprint density at radius 2 is 2.00 bits per heavy atom. The number of nitrogens with zero attached hydrogens (tertiary/aromatic N) is 2. The summed E-state index contributed by atoms with van der Waals surface area (Å²) in [5.41, 5.74) is 1.91. The number of carbonyl (C=O) groups is 1. The Labute approximate surface area is 146 Å². The van der Waals surface area contributed by atoms with Crippen molar-refractivity contribution in [3.05, 3.63) is 35.4 Å². The van der Waals surface area contributed by atoms with Crippen LogP contribution in [0.1, 0.15) is 31.0 Å². The van der Waals surface area contributed by atoms with Gasteiger partial charge in [-0.2, -0.15) is 0 Å². The van der Waals surface area contributed by atoms with Crippen molar-refractivity contribution >= 4 is 5.91 Å². The highest BCUT2D eigenvalue weighted by Crippen LogP contribution is 2.21. The third-order valence-electron chi connectivity index (χ3n) is 4.31. The molecule has 0 spiro atoms. The number of aryl methyl sites for hydroxylation is 1. The van der Waals surface area contributed by atoms with Crippen molar-refractivity contribution in [1.29, 1.82) is 0 Å². The predicted molar refractivity (Wildman–Crippen MR) is 97.1 cm³/mol. The molecule has 5 nitrogen and oxygen atoms in total. The lowest BCUT2D eigenvalue weighted by Crippen LogP contribution is -2.55. The van der Waals surface area contributed by atoms with E-state index in [0.29, 0.717) is 0 Å². The van der Waals surface area contributed by atoms with Crippen molar-refractivity contribution in [3.63, 3.8) is 0 Å². The Hall–Kier alpha value is -1.43. The highest BCUT2D eigenvalue weighted by Gasteiger charge is 2.30. The molecule has 1 fully saturated rings. The van der Waals surface area contributed by atoms with E-state index in [0.717, 1.165) is 38.4 Å². The molecule has 0 aromatic heterocycles. The van der Waals surface area contributed by atoms with Gasteiger partial charge < -0.3 is 10.1 Å². The van der Waals surface area contributed by atoms with Crippen LogP contribution in [0.15, 0.2) is 24.3 Å². The van der Waals surface area contributed by atoms with Crippen LogP contribution in [0.5, 0.6) is 0 Å². The normalized spacial score (nSPS) is 17.8. The lowest BCUT2D eigenvalue weighted by Gasteiger charge is -2.37. The zero-order valence-corrected chi connectivity index (χ0v) is 15.6. The third-order valence-corrected chi connectivity index (χ3v) is 4.31. The van der Waals surface area contributed by atoms with Crippen molar-refractivity contribution in [2.75, 3.05) is 46.9 Å². The summed E-state index contributed by atoms with van der Waals surface area (Å²) in [6.45, 7) is 10.4. The third kappa shape index (κ3) is 5.30. The second-order valence-corrected chi connectivity index (χ2v) is 7.54. The number of carbonyl (C=O) groups excluding carboxylic acids is 1. The Kier molecular flexibility index (Phi) is 6.38. The Balaban J connectivity index is 2.06. The summed E-state index contributed by atoms with van der Waals surface area (Å²) in [6.07, 6.45) is 0. The number of nitrogens with one attached hydrogen (secondary N) is 1. The first-order valence-electron chi connectivity index (χ1n) is 8.64. The molecule has 1 atom stereocenters. The van der Waals surface area contributed by atoms with Gasteiger partial charge in [-0.05, 0) is 40.4 Å². The monoisotopic (exact) mass is 333 g/mol. The highest BCUT2D eigenvalue weighted by atomic mass is 16.5. The number of amides is 1. The molecule has 0 radical (unpaired) electrons. The average Bonchev–Trinajstić information content (AvgIpc) is 2.46.